The first-order valence-electron chi connectivity index (χ1n) is 8.43. The van der Waals surface area contributed by atoms with Gasteiger partial charge in [0.05, 0.1) is 23.8 Å². The lowest BCUT2D eigenvalue weighted by molar-refractivity contribution is 0.0730. The van der Waals surface area contributed by atoms with Crippen molar-refractivity contribution in [2.75, 3.05) is 26.3 Å². The molecule has 2 heterocycles. The molecule has 1 aliphatic rings. The smallest absolute Gasteiger partial charge is 0.243 e. The number of rotatable bonds is 4. The lowest BCUT2D eigenvalue weighted by atomic mass is 10.2. The van der Waals surface area contributed by atoms with Gasteiger partial charge in [0.1, 0.15) is 0 Å². The number of aromatic nitrogens is 1. The van der Waals surface area contributed by atoms with E-state index in [1.54, 1.807) is 30.5 Å². The Morgan fingerprint density at radius 3 is 2.54 bits per heavy atom. The Hall–Kier alpha value is -2.48. The van der Waals surface area contributed by atoms with Gasteiger partial charge in [-0.3, -0.25) is 4.99 Å². The third-order valence-electron chi connectivity index (χ3n) is 4.42. The lowest BCUT2D eigenvalue weighted by Gasteiger charge is -2.26. The number of H-pyrrole nitrogens is 1. The van der Waals surface area contributed by atoms with Gasteiger partial charge in [-0.25, -0.2) is 8.42 Å². The van der Waals surface area contributed by atoms with Crippen LogP contribution in [0.1, 0.15) is 5.56 Å². The van der Waals surface area contributed by atoms with E-state index in [1.807, 2.05) is 30.5 Å². The molecule has 26 heavy (non-hydrogen) atoms. The second kappa shape index (κ2) is 7.03. The summed E-state index contributed by atoms with van der Waals surface area (Å²) in [6.45, 7) is 1.66. The number of morpholine rings is 1. The Labute approximate surface area is 152 Å². The fourth-order valence-electron chi connectivity index (χ4n) is 2.99. The monoisotopic (exact) mass is 369 g/mol. The minimum Gasteiger partial charge on any atom is -0.379 e. The summed E-state index contributed by atoms with van der Waals surface area (Å²) in [6, 6.07) is 14.7. The molecular weight excluding hydrogens is 350 g/mol. The number of aromatic amines is 1. The molecule has 0 spiro atoms. The van der Waals surface area contributed by atoms with Crippen LogP contribution in [0, 0.1) is 0 Å². The van der Waals surface area contributed by atoms with Crippen molar-refractivity contribution in [2.24, 2.45) is 4.99 Å². The Balaban J connectivity index is 1.54. The van der Waals surface area contributed by atoms with E-state index in [-0.39, 0.29) is 4.90 Å². The normalized spacial score (nSPS) is 16.5. The molecule has 0 saturated carbocycles. The van der Waals surface area contributed by atoms with E-state index in [2.05, 4.69) is 9.98 Å². The van der Waals surface area contributed by atoms with E-state index >= 15 is 0 Å². The number of hydrogen-bond donors (Lipinski definition) is 1. The minimum absolute atomic E-state index is 0.283. The van der Waals surface area contributed by atoms with Crippen molar-refractivity contribution in [3.05, 3.63) is 60.3 Å². The van der Waals surface area contributed by atoms with E-state index < -0.39 is 10.0 Å². The van der Waals surface area contributed by atoms with Crippen molar-refractivity contribution in [1.82, 2.24) is 9.29 Å². The Morgan fingerprint density at radius 1 is 1.04 bits per heavy atom. The number of ether oxygens (including phenoxy) is 1. The van der Waals surface area contributed by atoms with Crippen molar-refractivity contribution in [3.63, 3.8) is 0 Å². The molecule has 0 atom stereocenters. The number of hydrogen-bond acceptors (Lipinski definition) is 4. The molecule has 0 unspecified atom stereocenters. The van der Waals surface area contributed by atoms with Gasteiger partial charge < -0.3 is 9.72 Å². The molecule has 0 amide bonds. The van der Waals surface area contributed by atoms with Gasteiger partial charge in [0, 0.05) is 42.0 Å². The van der Waals surface area contributed by atoms with Gasteiger partial charge in [-0.05, 0) is 30.3 Å². The zero-order chi connectivity index (χ0) is 18.0. The molecule has 2 aromatic carbocycles. The van der Waals surface area contributed by atoms with Gasteiger partial charge in [0.2, 0.25) is 10.0 Å². The number of sulfonamides is 1. The summed E-state index contributed by atoms with van der Waals surface area (Å²) in [7, 11) is -3.47. The van der Waals surface area contributed by atoms with Crippen molar-refractivity contribution < 1.29 is 13.2 Å². The van der Waals surface area contributed by atoms with Crippen LogP contribution in [0.4, 0.5) is 5.69 Å². The minimum atomic E-state index is -3.47. The topological polar surface area (TPSA) is 74.8 Å². The molecule has 0 aliphatic carbocycles. The fraction of sp³-hybridized carbons (Fsp3) is 0.211. The molecule has 6 nitrogen and oxygen atoms in total. The number of fused-ring (bicyclic) bond motifs is 1. The van der Waals surface area contributed by atoms with E-state index in [9.17, 15) is 8.42 Å². The highest BCUT2D eigenvalue weighted by Gasteiger charge is 2.25. The largest absolute Gasteiger partial charge is 0.379 e. The maximum atomic E-state index is 12.6. The van der Waals surface area contributed by atoms with E-state index in [0.717, 1.165) is 16.5 Å². The third-order valence-corrected chi connectivity index (χ3v) is 6.33. The summed E-state index contributed by atoms with van der Waals surface area (Å²) in [6.07, 6.45) is 3.69. The predicted molar refractivity (Wildman–Crippen MR) is 102 cm³/mol. The Bertz CT molecular complexity index is 1030. The standard InChI is InChI=1S/C19H19N3O3S/c23-26(24,22-9-11-25-12-10-22)17-7-5-16(6-8-17)20-13-15-14-21-19-4-2-1-3-18(15)19/h1-8,13-14,21H,9-12H2. The summed E-state index contributed by atoms with van der Waals surface area (Å²) >= 11 is 0. The van der Waals surface area contributed by atoms with Crippen LogP contribution >= 0.6 is 0 Å². The van der Waals surface area contributed by atoms with Crippen LogP contribution in [0.5, 0.6) is 0 Å². The fourth-order valence-corrected chi connectivity index (χ4v) is 4.39. The number of para-hydroxylation sites is 1. The molecule has 0 radical (unpaired) electrons. The summed E-state index contributed by atoms with van der Waals surface area (Å²) in [5, 5.41) is 1.10. The van der Waals surface area contributed by atoms with Crippen molar-refractivity contribution in [1.29, 1.82) is 0 Å². The summed E-state index contributed by atoms with van der Waals surface area (Å²) in [4.78, 5) is 7.95. The van der Waals surface area contributed by atoms with Gasteiger partial charge >= 0.3 is 0 Å². The molecule has 4 rings (SSSR count). The third kappa shape index (κ3) is 3.29. The molecular formula is C19H19N3O3S. The van der Waals surface area contributed by atoms with Crippen LogP contribution in [0.3, 0.4) is 0 Å². The highest BCUT2D eigenvalue weighted by Crippen LogP contribution is 2.22. The average Bonchev–Trinajstić information content (AvgIpc) is 3.11. The van der Waals surface area contributed by atoms with Gasteiger partial charge in [-0.2, -0.15) is 4.31 Å². The molecule has 1 fully saturated rings. The molecule has 7 heteroatoms. The van der Waals surface area contributed by atoms with Gasteiger partial charge in [-0.1, -0.05) is 18.2 Å². The van der Waals surface area contributed by atoms with Crippen molar-refractivity contribution in [2.45, 2.75) is 4.90 Å². The maximum absolute atomic E-state index is 12.6. The zero-order valence-electron chi connectivity index (χ0n) is 14.1. The quantitative estimate of drug-likeness (QED) is 0.719. The number of nitrogens with zero attached hydrogens (tertiary/aromatic N) is 2. The van der Waals surface area contributed by atoms with E-state index in [0.29, 0.717) is 32.0 Å². The molecule has 1 saturated heterocycles. The average molecular weight is 369 g/mol. The number of nitrogens with one attached hydrogen (secondary N) is 1. The summed E-state index contributed by atoms with van der Waals surface area (Å²) in [5.41, 5.74) is 2.75. The molecule has 1 aromatic heterocycles. The van der Waals surface area contributed by atoms with E-state index in [1.165, 1.54) is 4.31 Å². The SMILES string of the molecule is O=S(=O)(c1ccc(N=Cc2c[nH]c3ccccc23)cc1)N1CCOCC1. The van der Waals surface area contributed by atoms with Crippen LogP contribution in [0.25, 0.3) is 10.9 Å². The summed E-state index contributed by atoms with van der Waals surface area (Å²) in [5.74, 6) is 0. The first kappa shape index (κ1) is 17.0. The van der Waals surface area contributed by atoms with Crippen LogP contribution in [0.2, 0.25) is 0 Å². The van der Waals surface area contributed by atoms with Crippen LogP contribution < -0.4 is 0 Å². The first-order chi connectivity index (χ1) is 12.6. The highest BCUT2D eigenvalue weighted by molar-refractivity contribution is 7.89. The molecule has 1 N–H and O–H groups in total. The maximum Gasteiger partial charge on any atom is 0.243 e. The predicted octanol–water partition coefficient (Wildman–Crippen LogP) is 2.94. The van der Waals surface area contributed by atoms with Gasteiger partial charge in [0.15, 0.2) is 0 Å². The van der Waals surface area contributed by atoms with Crippen molar-refractivity contribution >= 4 is 32.8 Å². The number of benzene rings is 2. The highest BCUT2D eigenvalue weighted by atomic mass is 32.2. The second-order valence-electron chi connectivity index (χ2n) is 6.06. The zero-order valence-corrected chi connectivity index (χ0v) is 14.9. The molecule has 3 aromatic rings. The van der Waals surface area contributed by atoms with Crippen LogP contribution in [-0.2, 0) is 14.8 Å². The molecule has 0 bridgehead atoms. The van der Waals surface area contributed by atoms with E-state index in [4.69, 9.17) is 4.74 Å². The lowest BCUT2D eigenvalue weighted by Crippen LogP contribution is -2.40. The second-order valence-corrected chi connectivity index (χ2v) is 8.00. The molecule has 134 valence electrons. The van der Waals surface area contributed by atoms with Crippen LogP contribution in [0.15, 0.2) is 64.6 Å². The van der Waals surface area contributed by atoms with Crippen LogP contribution in [-0.4, -0.2) is 50.2 Å². The first-order valence-corrected chi connectivity index (χ1v) is 9.87. The summed E-state index contributed by atoms with van der Waals surface area (Å²) < 4.78 is 31.9. The molecule has 1 aliphatic heterocycles. The Morgan fingerprint density at radius 2 is 1.77 bits per heavy atom. The number of aliphatic imine (C=N–C) groups is 1. The Kier molecular flexibility index (Phi) is 4.58. The van der Waals surface area contributed by atoms with Gasteiger partial charge in [0.25, 0.3) is 0 Å². The van der Waals surface area contributed by atoms with Gasteiger partial charge in [-0.15, -0.1) is 0 Å². The van der Waals surface area contributed by atoms with Crippen molar-refractivity contribution in [3.8, 4) is 0 Å².